The molecule has 5 aromatic rings. The minimum Gasteiger partial charge on any atom is -0.444 e. The van der Waals surface area contributed by atoms with Crippen molar-refractivity contribution in [3.63, 3.8) is 0 Å². The highest BCUT2D eigenvalue weighted by molar-refractivity contribution is 7.83. The minimum absolute atomic E-state index is 0.481. The molecule has 0 saturated carbocycles. The van der Waals surface area contributed by atoms with Crippen molar-refractivity contribution in [2.75, 3.05) is 0 Å². The number of oxazole rings is 1. The molecule has 4 aromatic heterocycles. The Morgan fingerprint density at radius 2 is 1.96 bits per heavy atom. The first-order chi connectivity index (χ1) is 13.3. The number of nitrogens with zero attached hydrogens (tertiary/aromatic N) is 3. The molecule has 0 bridgehead atoms. The van der Waals surface area contributed by atoms with E-state index < -0.39 is 11.0 Å². The second-order valence-corrected chi connectivity index (χ2v) is 8.15. The average molecular weight is 391 g/mol. The lowest BCUT2D eigenvalue weighted by molar-refractivity contribution is 0.575. The molecule has 0 aliphatic rings. The van der Waals surface area contributed by atoms with Crippen molar-refractivity contribution in [3.8, 4) is 21.9 Å². The number of hydrogen-bond donors (Lipinski definition) is 0. The molecule has 7 heteroatoms. The third kappa shape index (κ3) is 2.81. The summed E-state index contributed by atoms with van der Waals surface area (Å²) in [5.74, 6) is 0.481. The van der Waals surface area contributed by atoms with Gasteiger partial charge in [0, 0.05) is 28.2 Å². The van der Waals surface area contributed by atoms with Crippen LogP contribution < -0.4 is 0 Å². The predicted octanol–water partition coefficient (Wildman–Crippen LogP) is 4.99. The van der Waals surface area contributed by atoms with Gasteiger partial charge in [-0.1, -0.05) is 24.3 Å². The first kappa shape index (κ1) is 16.2. The van der Waals surface area contributed by atoms with Gasteiger partial charge in [-0.15, -0.1) is 11.3 Å². The Kier molecular flexibility index (Phi) is 3.95. The van der Waals surface area contributed by atoms with Crippen LogP contribution in [0.2, 0.25) is 0 Å². The smallest absolute Gasteiger partial charge is 0.228 e. The Bertz CT molecular complexity index is 1230. The van der Waals surface area contributed by atoms with E-state index in [9.17, 15) is 4.21 Å². The summed E-state index contributed by atoms with van der Waals surface area (Å²) >= 11 is 1.65. The average Bonchev–Trinajstić information content (AvgIpc) is 3.47. The maximum absolute atomic E-state index is 13.1. The van der Waals surface area contributed by atoms with Gasteiger partial charge in [0.05, 0.1) is 16.7 Å². The maximum Gasteiger partial charge on any atom is 0.228 e. The molecule has 27 heavy (non-hydrogen) atoms. The lowest BCUT2D eigenvalue weighted by atomic mass is 10.1. The van der Waals surface area contributed by atoms with Crippen LogP contribution in [0.25, 0.3) is 32.9 Å². The van der Waals surface area contributed by atoms with Gasteiger partial charge in [0.2, 0.25) is 5.89 Å². The fraction of sp³-hybridized carbons (Fsp3) is 0. The lowest BCUT2D eigenvalue weighted by Crippen LogP contribution is -2.04. The van der Waals surface area contributed by atoms with Crippen LogP contribution in [0.3, 0.4) is 0 Å². The molecule has 0 spiro atoms. The van der Waals surface area contributed by atoms with Gasteiger partial charge in [-0.25, -0.2) is 18.1 Å². The molecule has 0 fully saturated rings. The van der Waals surface area contributed by atoms with Gasteiger partial charge in [0.25, 0.3) is 0 Å². The monoisotopic (exact) mass is 391 g/mol. The summed E-state index contributed by atoms with van der Waals surface area (Å²) < 4.78 is 20.3. The molecule has 1 aromatic carbocycles. The van der Waals surface area contributed by atoms with Crippen molar-refractivity contribution in [2.24, 2.45) is 0 Å². The number of pyridine rings is 1. The van der Waals surface area contributed by atoms with Gasteiger partial charge in [-0.05, 0) is 29.6 Å². The summed E-state index contributed by atoms with van der Waals surface area (Å²) in [6.45, 7) is 0. The van der Waals surface area contributed by atoms with Crippen molar-refractivity contribution in [2.45, 2.75) is 4.90 Å². The quantitative estimate of drug-likeness (QED) is 0.433. The van der Waals surface area contributed by atoms with Gasteiger partial charge < -0.3 is 4.42 Å². The summed E-state index contributed by atoms with van der Waals surface area (Å²) in [5.41, 5.74) is 2.41. The Morgan fingerprint density at radius 1 is 1.07 bits per heavy atom. The van der Waals surface area contributed by atoms with Crippen LogP contribution >= 0.6 is 11.3 Å². The van der Waals surface area contributed by atoms with E-state index in [-0.39, 0.29) is 0 Å². The zero-order valence-electron chi connectivity index (χ0n) is 14.0. The summed E-state index contributed by atoms with van der Waals surface area (Å²) in [6, 6.07) is 15.4. The van der Waals surface area contributed by atoms with Crippen LogP contribution in [-0.4, -0.2) is 18.1 Å². The molecule has 0 N–H and O–H groups in total. The summed E-state index contributed by atoms with van der Waals surface area (Å²) in [7, 11) is -1.42. The van der Waals surface area contributed by atoms with Crippen LogP contribution in [0, 0.1) is 0 Å². The van der Waals surface area contributed by atoms with E-state index in [1.807, 2.05) is 54.0 Å². The summed E-state index contributed by atoms with van der Waals surface area (Å²) in [5, 5.41) is 2.89. The summed E-state index contributed by atoms with van der Waals surface area (Å²) in [6.07, 6.45) is 6.74. The highest BCUT2D eigenvalue weighted by atomic mass is 32.2. The lowest BCUT2D eigenvalue weighted by Gasteiger charge is -2.05. The highest BCUT2D eigenvalue weighted by Gasteiger charge is 2.19. The van der Waals surface area contributed by atoms with E-state index in [1.54, 1.807) is 27.7 Å². The summed E-state index contributed by atoms with van der Waals surface area (Å²) in [4.78, 5) is 10.7. The molecule has 5 nitrogen and oxygen atoms in total. The van der Waals surface area contributed by atoms with Crippen LogP contribution in [-0.2, 0) is 11.0 Å². The van der Waals surface area contributed by atoms with Crippen LogP contribution in [0.1, 0.15) is 0 Å². The molecule has 0 amide bonds. The van der Waals surface area contributed by atoms with Crippen LogP contribution in [0.5, 0.6) is 0 Å². The van der Waals surface area contributed by atoms with Gasteiger partial charge in [0.1, 0.15) is 6.26 Å². The molecule has 0 radical (unpaired) electrons. The van der Waals surface area contributed by atoms with Gasteiger partial charge in [0.15, 0.2) is 16.6 Å². The molecular formula is C20H13N3O2S2. The molecular weight excluding hydrogens is 378 g/mol. The van der Waals surface area contributed by atoms with Gasteiger partial charge >= 0.3 is 0 Å². The topological polar surface area (TPSA) is 60.9 Å². The molecule has 132 valence electrons. The third-order valence-corrected chi connectivity index (χ3v) is 6.43. The van der Waals surface area contributed by atoms with E-state index >= 15 is 0 Å². The fourth-order valence-corrected chi connectivity index (χ4v) is 4.79. The first-order valence-electron chi connectivity index (χ1n) is 8.23. The zero-order chi connectivity index (χ0) is 18.2. The first-order valence-corrected chi connectivity index (χ1v) is 10.2. The van der Waals surface area contributed by atoms with E-state index in [0.717, 1.165) is 21.4 Å². The second-order valence-electron chi connectivity index (χ2n) is 5.84. The Hall–Kier alpha value is -3.03. The molecule has 5 rings (SSSR count). The van der Waals surface area contributed by atoms with Crippen LogP contribution in [0.15, 0.2) is 88.1 Å². The molecule has 0 saturated heterocycles. The number of rotatable bonds is 4. The maximum atomic E-state index is 13.1. The number of aromatic nitrogens is 3. The zero-order valence-corrected chi connectivity index (χ0v) is 15.6. The standard InChI is InChI=1S/C20H13N3O2S2/c24-27(15-5-2-1-3-6-15)23-13-17(20-21-8-9-25-20)16-11-14(12-22-19(16)23)18-7-4-10-26-18/h1-13H. The highest BCUT2D eigenvalue weighted by Crippen LogP contribution is 2.34. The van der Waals surface area contributed by atoms with Crippen molar-refractivity contribution in [1.29, 1.82) is 0 Å². The molecule has 0 aliphatic heterocycles. The van der Waals surface area contributed by atoms with Gasteiger partial charge in [-0.3, -0.25) is 0 Å². The van der Waals surface area contributed by atoms with Crippen molar-refractivity contribution >= 4 is 33.4 Å². The number of fused-ring (bicyclic) bond motifs is 1. The predicted molar refractivity (Wildman–Crippen MR) is 107 cm³/mol. The Morgan fingerprint density at radius 3 is 2.70 bits per heavy atom. The molecule has 4 heterocycles. The molecule has 0 aliphatic carbocycles. The normalized spacial score (nSPS) is 12.4. The van der Waals surface area contributed by atoms with Gasteiger partial charge in [-0.2, -0.15) is 0 Å². The fourth-order valence-electron chi connectivity index (χ4n) is 2.96. The van der Waals surface area contributed by atoms with E-state index in [1.165, 1.54) is 6.26 Å². The minimum atomic E-state index is -1.42. The van der Waals surface area contributed by atoms with E-state index in [0.29, 0.717) is 16.4 Å². The molecule has 1 atom stereocenters. The largest absolute Gasteiger partial charge is 0.444 e. The van der Waals surface area contributed by atoms with Crippen molar-refractivity contribution in [3.05, 3.63) is 78.8 Å². The second kappa shape index (κ2) is 6.61. The molecule has 1 unspecified atom stereocenters. The number of thiophene rings is 1. The van der Waals surface area contributed by atoms with Crippen LogP contribution in [0.4, 0.5) is 0 Å². The van der Waals surface area contributed by atoms with E-state index in [2.05, 4.69) is 16.0 Å². The third-order valence-electron chi connectivity index (χ3n) is 4.20. The number of hydrogen-bond acceptors (Lipinski definition) is 5. The van der Waals surface area contributed by atoms with E-state index in [4.69, 9.17) is 4.42 Å². The Balaban J connectivity index is 1.74. The van der Waals surface area contributed by atoms with Crippen molar-refractivity contribution < 1.29 is 8.63 Å². The number of benzene rings is 1. The SMILES string of the molecule is O=S(c1ccccc1)n1cc(-c2ncco2)c2cc(-c3cccs3)cnc21. The van der Waals surface area contributed by atoms with Crippen molar-refractivity contribution in [1.82, 2.24) is 13.9 Å². The Labute approximate surface area is 161 Å².